The number of nitrogens with zero attached hydrogens (tertiary/aromatic N) is 7. The molecule has 5 rings (SSSR count). The van der Waals surface area contributed by atoms with Crippen LogP contribution in [0, 0.1) is 5.82 Å². The SMILES string of the molecule is C=Cc1c(-c2cncc(-c3cnn(CCn4cccn4)c3)c2)cc(-c2ccccc2F)nc1N=CC. The van der Waals surface area contributed by atoms with E-state index >= 15 is 0 Å². The zero-order valence-corrected chi connectivity index (χ0v) is 19.8. The number of hydrogen-bond donors (Lipinski definition) is 0. The number of hydrogen-bond acceptors (Lipinski definition) is 5. The van der Waals surface area contributed by atoms with E-state index in [2.05, 4.69) is 31.7 Å². The Hall–Kier alpha value is -4.72. The summed E-state index contributed by atoms with van der Waals surface area (Å²) in [4.78, 5) is 13.5. The van der Waals surface area contributed by atoms with E-state index in [1.807, 2.05) is 53.1 Å². The molecule has 0 unspecified atom stereocenters. The molecule has 0 aliphatic carbocycles. The molecule has 0 spiro atoms. The molecule has 1 aromatic carbocycles. The average molecular weight is 478 g/mol. The van der Waals surface area contributed by atoms with Crippen LogP contribution in [-0.4, -0.2) is 35.7 Å². The van der Waals surface area contributed by atoms with Gasteiger partial charge in [-0.05, 0) is 42.8 Å². The van der Waals surface area contributed by atoms with Gasteiger partial charge in [0.05, 0.1) is 25.0 Å². The first-order valence-electron chi connectivity index (χ1n) is 11.5. The van der Waals surface area contributed by atoms with Gasteiger partial charge in [-0.2, -0.15) is 10.2 Å². The summed E-state index contributed by atoms with van der Waals surface area (Å²) < 4.78 is 18.4. The second-order valence-corrected chi connectivity index (χ2v) is 8.09. The van der Waals surface area contributed by atoms with Crippen LogP contribution in [0.4, 0.5) is 10.2 Å². The van der Waals surface area contributed by atoms with Gasteiger partial charge < -0.3 is 0 Å². The highest BCUT2D eigenvalue weighted by atomic mass is 19.1. The van der Waals surface area contributed by atoms with E-state index in [1.54, 1.807) is 49.1 Å². The molecule has 4 aromatic heterocycles. The van der Waals surface area contributed by atoms with Crippen LogP contribution in [0.5, 0.6) is 0 Å². The van der Waals surface area contributed by atoms with E-state index in [0.29, 0.717) is 23.6 Å². The zero-order valence-electron chi connectivity index (χ0n) is 19.8. The lowest BCUT2D eigenvalue weighted by Crippen LogP contribution is -2.07. The van der Waals surface area contributed by atoms with Gasteiger partial charge in [-0.1, -0.05) is 24.8 Å². The summed E-state index contributed by atoms with van der Waals surface area (Å²) in [6.07, 6.45) is 14.5. The van der Waals surface area contributed by atoms with E-state index in [1.165, 1.54) is 6.07 Å². The van der Waals surface area contributed by atoms with Gasteiger partial charge in [-0.3, -0.25) is 14.3 Å². The monoisotopic (exact) mass is 477 g/mol. The normalized spacial score (nSPS) is 11.3. The minimum Gasteiger partial charge on any atom is -0.271 e. The fraction of sp³-hybridized carbons (Fsp3) is 0.107. The minimum absolute atomic E-state index is 0.344. The van der Waals surface area contributed by atoms with Crippen molar-refractivity contribution in [1.82, 2.24) is 29.5 Å². The van der Waals surface area contributed by atoms with Crippen molar-refractivity contribution < 1.29 is 4.39 Å². The molecule has 178 valence electrons. The highest BCUT2D eigenvalue weighted by Gasteiger charge is 2.16. The van der Waals surface area contributed by atoms with Crippen molar-refractivity contribution in [2.45, 2.75) is 20.0 Å². The first-order chi connectivity index (χ1) is 17.7. The fourth-order valence-electron chi connectivity index (χ4n) is 4.03. The van der Waals surface area contributed by atoms with Crippen LogP contribution < -0.4 is 0 Å². The topological polar surface area (TPSA) is 73.8 Å². The first-order valence-corrected chi connectivity index (χ1v) is 11.5. The molecule has 7 nitrogen and oxygen atoms in total. The Bertz CT molecular complexity index is 1530. The molecule has 5 aromatic rings. The molecule has 0 amide bonds. The maximum Gasteiger partial charge on any atom is 0.160 e. The van der Waals surface area contributed by atoms with Crippen molar-refractivity contribution in [1.29, 1.82) is 0 Å². The average Bonchev–Trinajstić information content (AvgIpc) is 3.60. The third-order valence-corrected chi connectivity index (χ3v) is 5.78. The lowest BCUT2D eigenvalue weighted by atomic mass is 9.97. The molecule has 0 aliphatic rings. The molecule has 4 heterocycles. The Balaban J connectivity index is 1.54. The molecule has 8 heteroatoms. The highest BCUT2D eigenvalue weighted by molar-refractivity contribution is 5.85. The Kier molecular flexibility index (Phi) is 6.57. The van der Waals surface area contributed by atoms with E-state index < -0.39 is 0 Å². The van der Waals surface area contributed by atoms with Gasteiger partial charge in [0.15, 0.2) is 5.82 Å². The van der Waals surface area contributed by atoms with Crippen molar-refractivity contribution in [2.75, 3.05) is 0 Å². The van der Waals surface area contributed by atoms with Gasteiger partial charge in [0.1, 0.15) is 5.82 Å². The molecule has 0 atom stereocenters. The summed E-state index contributed by atoms with van der Waals surface area (Å²) in [7, 11) is 0. The molecule has 0 saturated heterocycles. The number of rotatable bonds is 8. The van der Waals surface area contributed by atoms with Gasteiger partial charge in [0.2, 0.25) is 0 Å². The van der Waals surface area contributed by atoms with Crippen LogP contribution in [0.15, 0.2) is 91.2 Å². The number of benzene rings is 1. The highest BCUT2D eigenvalue weighted by Crippen LogP contribution is 2.36. The van der Waals surface area contributed by atoms with Crippen molar-refractivity contribution in [2.24, 2.45) is 4.99 Å². The van der Waals surface area contributed by atoms with Crippen LogP contribution in [-0.2, 0) is 13.1 Å². The maximum atomic E-state index is 14.6. The predicted octanol–water partition coefficient (Wildman–Crippen LogP) is 6.08. The van der Waals surface area contributed by atoms with Gasteiger partial charge in [0.25, 0.3) is 0 Å². The van der Waals surface area contributed by atoms with Crippen molar-refractivity contribution in [3.63, 3.8) is 0 Å². The smallest absolute Gasteiger partial charge is 0.160 e. The number of aryl methyl sites for hydroxylation is 2. The van der Waals surface area contributed by atoms with Gasteiger partial charge in [-0.15, -0.1) is 0 Å². The molecular weight excluding hydrogens is 453 g/mol. The zero-order chi connectivity index (χ0) is 24.9. The lowest BCUT2D eigenvalue weighted by molar-refractivity contribution is 0.500. The summed E-state index contributed by atoms with van der Waals surface area (Å²) in [5.41, 5.74) is 5.18. The summed E-state index contributed by atoms with van der Waals surface area (Å²) in [6.45, 7) is 7.22. The Morgan fingerprint density at radius 1 is 0.944 bits per heavy atom. The molecule has 0 N–H and O–H groups in total. The van der Waals surface area contributed by atoms with Gasteiger partial charge >= 0.3 is 0 Å². The largest absolute Gasteiger partial charge is 0.271 e. The van der Waals surface area contributed by atoms with E-state index in [0.717, 1.165) is 34.4 Å². The second-order valence-electron chi connectivity index (χ2n) is 8.09. The van der Waals surface area contributed by atoms with Gasteiger partial charge in [0, 0.05) is 65.0 Å². The summed E-state index contributed by atoms with van der Waals surface area (Å²) in [6, 6.07) is 12.4. The summed E-state index contributed by atoms with van der Waals surface area (Å²) in [5, 5.41) is 8.72. The Morgan fingerprint density at radius 2 is 1.78 bits per heavy atom. The molecule has 0 aliphatic heterocycles. The molecule has 0 radical (unpaired) electrons. The lowest BCUT2D eigenvalue weighted by Gasteiger charge is -2.13. The number of aliphatic imine (C=N–C) groups is 1. The fourth-order valence-corrected chi connectivity index (χ4v) is 4.03. The third-order valence-electron chi connectivity index (χ3n) is 5.78. The van der Waals surface area contributed by atoms with Crippen LogP contribution in [0.1, 0.15) is 12.5 Å². The maximum absolute atomic E-state index is 14.6. The Morgan fingerprint density at radius 3 is 2.56 bits per heavy atom. The standard InChI is InChI=1S/C28H24FN7/c1-3-23-25(15-27(34-28(23)31-4-2)24-8-5-6-9-26(24)29)21-14-20(16-30-17-21)22-18-33-36(19-22)13-12-35-11-7-10-32-35/h3-11,14-19H,1,12-13H2,2H3. The van der Waals surface area contributed by atoms with Crippen molar-refractivity contribution in [3.8, 4) is 33.5 Å². The molecule has 36 heavy (non-hydrogen) atoms. The van der Waals surface area contributed by atoms with Crippen LogP contribution in [0.3, 0.4) is 0 Å². The number of aromatic nitrogens is 6. The number of pyridine rings is 2. The summed E-state index contributed by atoms with van der Waals surface area (Å²) in [5.74, 6) is 0.128. The molecular formula is C28H24FN7. The Labute approximate surface area is 208 Å². The molecule has 0 fully saturated rings. The van der Waals surface area contributed by atoms with E-state index in [9.17, 15) is 4.39 Å². The quantitative estimate of drug-likeness (QED) is 0.254. The second kappa shape index (κ2) is 10.3. The van der Waals surface area contributed by atoms with E-state index in [4.69, 9.17) is 0 Å². The van der Waals surface area contributed by atoms with Gasteiger partial charge in [-0.25, -0.2) is 14.4 Å². The summed E-state index contributed by atoms with van der Waals surface area (Å²) >= 11 is 0. The predicted molar refractivity (Wildman–Crippen MR) is 140 cm³/mol. The van der Waals surface area contributed by atoms with Crippen LogP contribution >= 0.6 is 0 Å². The molecule has 0 saturated carbocycles. The van der Waals surface area contributed by atoms with Crippen molar-refractivity contribution in [3.05, 3.63) is 97.6 Å². The van der Waals surface area contributed by atoms with Crippen LogP contribution in [0.25, 0.3) is 39.6 Å². The van der Waals surface area contributed by atoms with E-state index in [-0.39, 0.29) is 5.82 Å². The number of halogens is 1. The first kappa shape index (κ1) is 23.0. The van der Waals surface area contributed by atoms with Crippen molar-refractivity contribution >= 4 is 18.1 Å². The molecule has 0 bridgehead atoms. The third kappa shape index (κ3) is 4.74. The minimum atomic E-state index is -0.344. The van der Waals surface area contributed by atoms with Crippen LogP contribution in [0.2, 0.25) is 0 Å².